The van der Waals surface area contributed by atoms with Crippen LogP contribution in [0.15, 0.2) is 30.3 Å². The molecule has 2 fully saturated rings. The summed E-state index contributed by atoms with van der Waals surface area (Å²) in [5.41, 5.74) is 1.44. The Labute approximate surface area is 133 Å². The van der Waals surface area contributed by atoms with Crippen molar-refractivity contribution in [1.82, 2.24) is 10.2 Å². The maximum atomic E-state index is 3.95. The van der Waals surface area contributed by atoms with Gasteiger partial charge in [0, 0.05) is 25.2 Å². The highest BCUT2D eigenvalue weighted by atomic mass is 32.2. The van der Waals surface area contributed by atoms with Crippen molar-refractivity contribution in [1.29, 1.82) is 0 Å². The maximum Gasteiger partial charge on any atom is 0.0233 e. The third kappa shape index (κ3) is 4.48. The number of rotatable bonds is 4. The standard InChI is InChI=1S/C18H28N2S/c1-15-13-20(14-16-5-3-2-4-6-16)10-7-18(15)19-17-8-11-21-12-9-17/h2-6,15,17-19H,7-14H2,1H3/t15-,18+/m0/s1. The molecular weight excluding hydrogens is 276 g/mol. The maximum absolute atomic E-state index is 3.95. The lowest BCUT2D eigenvalue weighted by Crippen LogP contribution is -2.51. The molecule has 3 heteroatoms. The number of hydrogen-bond acceptors (Lipinski definition) is 3. The Morgan fingerprint density at radius 1 is 1.14 bits per heavy atom. The Kier molecular flexibility index (Phi) is 5.61. The van der Waals surface area contributed by atoms with Crippen LogP contribution in [0, 0.1) is 5.92 Å². The fourth-order valence-electron chi connectivity index (χ4n) is 3.63. The fourth-order valence-corrected chi connectivity index (χ4v) is 4.74. The molecule has 0 radical (unpaired) electrons. The van der Waals surface area contributed by atoms with Crippen molar-refractivity contribution >= 4 is 11.8 Å². The zero-order valence-electron chi connectivity index (χ0n) is 13.1. The van der Waals surface area contributed by atoms with E-state index in [0.717, 1.165) is 24.5 Å². The van der Waals surface area contributed by atoms with Crippen molar-refractivity contribution < 1.29 is 0 Å². The van der Waals surface area contributed by atoms with Crippen LogP contribution in [0.3, 0.4) is 0 Å². The van der Waals surface area contributed by atoms with Gasteiger partial charge < -0.3 is 5.32 Å². The predicted octanol–water partition coefficient (Wildman–Crippen LogP) is 3.38. The Morgan fingerprint density at radius 2 is 1.90 bits per heavy atom. The van der Waals surface area contributed by atoms with E-state index in [1.165, 1.54) is 49.4 Å². The number of thioether (sulfide) groups is 1. The van der Waals surface area contributed by atoms with Gasteiger partial charge in [0.05, 0.1) is 0 Å². The average molecular weight is 305 g/mol. The van der Waals surface area contributed by atoms with Crippen LogP contribution >= 0.6 is 11.8 Å². The van der Waals surface area contributed by atoms with E-state index in [9.17, 15) is 0 Å². The number of hydrogen-bond donors (Lipinski definition) is 1. The van der Waals surface area contributed by atoms with Gasteiger partial charge in [-0.25, -0.2) is 0 Å². The van der Waals surface area contributed by atoms with Gasteiger partial charge in [0.15, 0.2) is 0 Å². The molecule has 2 nitrogen and oxygen atoms in total. The monoisotopic (exact) mass is 304 g/mol. The Bertz CT molecular complexity index is 416. The van der Waals surface area contributed by atoms with Crippen LogP contribution in [-0.4, -0.2) is 41.6 Å². The second-order valence-corrected chi connectivity index (χ2v) is 7.87. The second-order valence-electron chi connectivity index (χ2n) is 6.65. The first-order valence-corrected chi connectivity index (χ1v) is 9.57. The SMILES string of the molecule is C[C@H]1CN(Cc2ccccc2)CC[C@H]1NC1CCSCC1. The molecule has 0 spiro atoms. The molecule has 0 unspecified atom stereocenters. The normalized spacial score (nSPS) is 28.6. The third-order valence-corrected chi connectivity index (χ3v) is 5.96. The molecule has 2 aliphatic heterocycles. The number of nitrogens with one attached hydrogen (secondary N) is 1. The summed E-state index contributed by atoms with van der Waals surface area (Å²) in [7, 11) is 0. The van der Waals surface area contributed by atoms with Crippen molar-refractivity contribution in [2.75, 3.05) is 24.6 Å². The van der Waals surface area contributed by atoms with Gasteiger partial charge in [-0.2, -0.15) is 11.8 Å². The van der Waals surface area contributed by atoms with Gasteiger partial charge in [-0.15, -0.1) is 0 Å². The molecule has 3 rings (SSSR count). The molecule has 2 saturated heterocycles. The van der Waals surface area contributed by atoms with E-state index >= 15 is 0 Å². The Hall–Kier alpha value is -0.510. The zero-order valence-corrected chi connectivity index (χ0v) is 13.9. The van der Waals surface area contributed by atoms with Crippen molar-refractivity contribution in [2.45, 2.75) is 44.8 Å². The van der Waals surface area contributed by atoms with Crippen LogP contribution in [0.25, 0.3) is 0 Å². The van der Waals surface area contributed by atoms with Crippen LogP contribution in [0.2, 0.25) is 0 Å². The van der Waals surface area contributed by atoms with Crippen molar-refractivity contribution in [3.8, 4) is 0 Å². The van der Waals surface area contributed by atoms with Crippen molar-refractivity contribution in [3.63, 3.8) is 0 Å². The van der Waals surface area contributed by atoms with E-state index < -0.39 is 0 Å². The lowest BCUT2D eigenvalue weighted by molar-refractivity contribution is 0.133. The van der Waals surface area contributed by atoms with Gasteiger partial charge in [-0.3, -0.25) is 4.90 Å². The van der Waals surface area contributed by atoms with E-state index in [1.54, 1.807) is 0 Å². The van der Waals surface area contributed by atoms with Gasteiger partial charge in [-0.1, -0.05) is 37.3 Å². The topological polar surface area (TPSA) is 15.3 Å². The summed E-state index contributed by atoms with van der Waals surface area (Å²) in [6.07, 6.45) is 4.03. The van der Waals surface area contributed by atoms with Gasteiger partial charge in [0.1, 0.15) is 0 Å². The van der Waals surface area contributed by atoms with Gasteiger partial charge in [0.2, 0.25) is 0 Å². The molecule has 1 N–H and O–H groups in total. The minimum atomic E-state index is 0.727. The molecule has 0 aromatic heterocycles. The van der Waals surface area contributed by atoms with Gasteiger partial charge >= 0.3 is 0 Å². The molecule has 2 heterocycles. The Balaban J connectivity index is 1.47. The van der Waals surface area contributed by atoms with E-state index in [4.69, 9.17) is 0 Å². The fraction of sp³-hybridized carbons (Fsp3) is 0.667. The highest BCUT2D eigenvalue weighted by Gasteiger charge is 2.28. The lowest BCUT2D eigenvalue weighted by Gasteiger charge is -2.39. The van der Waals surface area contributed by atoms with E-state index in [0.29, 0.717) is 0 Å². The smallest absolute Gasteiger partial charge is 0.0233 e. The molecule has 1 aromatic carbocycles. The van der Waals surface area contributed by atoms with Crippen LogP contribution in [0.1, 0.15) is 31.7 Å². The van der Waals surface area contributed by atoms with Gasteiger partial charge in [-0.05, 0) is 48.8 Å². The largest absolute Gasteiger partial charge is 0.311 e. The summed E-state index contributed by atoms with van der Waals surface area (Å²) in [6.45, 7) is 6.00. The first kappa shape index (κ1) is 15.4. The molecule has 0 amide bonds. The first-order chi connectivity index (χ1) is 10.3. The number of benzene rings is 1. The summed E-state index contributed by atoms with van der Waals surface area (Å²) in [6, 6.07) is 12.4. The van der Waals surface area contributed by atoms with Crippen LogP contribution in [0.4, 0.5) is 0 Å². The Morgan fingerprint density at radius 3 is 2.62 bits per heavy atom. The van der Waals surface area contributed by atoms with E-state index in [2.05, 4.69) is 59.2 Å². The lowest BCUT2D eigenvalue weighted by atomic mass is 9.92. The molecule has 2 aliphatic rings. The molecule has 0 aliphatic carbocycles. The van der Waals surface area contributed by atoms with E-state index in [1.807, 2.05) is 0 Å². The predicted molar refractivity (Wildman–Crippen MR) is 92.8 cm³/mol. The third-order valence-electron chi connectivity index (χ3n) is 4.91. The molecule has 21 heavy (non-hydrogen) atoms. The van der Waals surface area contributed by atoms with E-state index in [-0.39, 0.29) is 0 Å². The molecule has 0 saturated carbocycles. The summed E-state index contributed by atoms with van der Waals surface area (Å²) < 4.78 is 0. The van der Waals surface area contributed by atoms with Crippen molar-refractivity contribution in [3.05, 3.63) is 35.9 Å². The van der Waals surface area contributed by atoms with Crippen LogP contribution in [-0.2, 0) is 6.54 Å². The zero-order chi connectivity index (χ0) is 14.5. The summed E-state index contributed by atoms with van der Waals surface area (Å²) in [4.78, 5) is 2.62. The number of nitrogens with zero attached hydrogens (tertiary/aromatic N) is 1. The molecule has 2 atom stereocenters. The quantitative estimate of drug-likeness (QED) is 0.918. The number of likely N-dealkylation sites (tertiary alicyclic amines) is 1. The average Bonchev–Trinajstić information content (AvgIpc) is 2.52. The minimum absolute atomic E-state index is 0.727. The second kappa shape index (κ2) is 7.66. The first-order valence-electron chi connectivity index (χ1n) is 8.41. The van der Waals surface area contributed by atoms with Crippen LogP contribution < -0.4 is 5.32 Å². The van der Waals surface area contributed by atoms with Gasteiger partial charge in [0.25, 0.3) is 0 Å². The molecule has 0 bridgehead atoms. The summed E-state index contributed by atoms with van der Waals surface area (Å²) in [5.74, 6) is 3.45. The summed E-state index contributed by atoms with van der Waals surface area (Å²) in [5, 5.41) is 3.95. The highest BCUT2D eigenvalue weighted by molar-refractivity contribution is 7.99. The highest BCUT2D eigenvalue weighted by Crippen LogP contribution is 2.23. The molecule has 116 valence electrons. The van der Waals surface area contributed by atoms with Crippen LogP contribution in [0.5, 0.6) is 0 Å². The minimum Gasteiger partial charge on any atom is -0.311 e. The molecular formula is C18H28N2S. The van der Waals surface area contributed by atoms with Crippen molar-refractivity contribution in [2.24, 2.45) is 5.92 Å². The number of piperidine rings is 1. The summed E-state index contributed by atoms with van der Waals surface area (Å²) >= 11 is 2.11. The molecule has 1 aromatic rings.